The van der Waals surface area contributed by atoms with E-state index in [-0.39, 0.29) is 11.8 Å². The van der Waals surface area contributed by atoms with Crippen LogP contribution in [0.25, 0.3) is 0 Å². The summed E-state index contributed by atoms with van der Waals surface area (Å²) in [5, 5.41) is 3.22. The molecular formula is C12H24N2O2. The van der Waals surface area contributed by atoms with E-state index in [1.807, 2.05) is 11.8 Å². The normalized spacial score (nSPS) is 19.8. The highest BCUT2D eigenvalue weighted by atomic mass is 16.5. The maximum Gasteiger partial charge on any atom is 0.226 e. The van der Waals surface area contributed by atoms with Crippen LogP contribution in [0.3, 0.4) is 0 Å². The molecule has 0 aromatic heterocycles. The lowest BCUT2D eigenvalue weighted by molar-refractivity contribution is -0.137. The van der Waals surface area contributed by atoms with Crippen LogP contribution in [0.4, 0.5) is 0 Å². The maximum absolute atomic E-state index is 12.0. The van der Waals surface area contributed by atoms with E-state index in [0.717, 1.165) is 39.0 Å². The monoisotopic (exact) mass is 228 g/mol. The van der Waals surface area contributed by atoms with Crippen molar-refractivity contribution in [3.05, 3.63) is 0 Å². The summed E-state index contributed by atoms with van der Waals surface area (Å²) >= 11 is 0. The Morgan fingerprint density at radius 3 is 2.62 bits per heavy atom. The Labute approximate surface area is 98.3 Å². The van der Waals surface area contributed by atoms with Gasteiger partial charge in [0.05, 0.1) is 6.10 Å². The van der Waals surface area contributed by atoms with Gasteiger partial charge in [0.15, 0.2) is 0 Å². The number of likely N-dealkylation sites (tertiary alicyclic amines) is 1. The van der Waals surface area contributed by atoms with Crippen LogP contribution in [-0.2, 0) is 9.53 Å². The van der Waals surface area contributed by atoms with Crippen LogP contribution in [0, 0.1) is 5.92 Å². The lowest BCUT2D eigenvalue weighted by Crippen LogP contribution is -2.44. The van der Waals surface area contributed by atoms with Crippen molar-refractivity contribution in [1.82, 2.24) is 10.2 Å². The summed E-state index contributed by atoms with van der Waals surface area (Å²) < 4.78 is 5.29. The van der Waals surface area contributed by atoms with Gasteiger partial charge in [0.25, 0.3) is 0 Å². The zero-order valence-corrected chi connectivity index (χ0v) is 10.7. The highest BCUT2D eigenvalue weighted by Crippen LogP contribution is 2.15. The first-order chi connectivity index (χ1) is 7.69. The zero-order chi connectivity index (χ0) is 12.0. The maximum atomic E-state index is 12.0. The Hall–Kier alpha value is -0.610. The minimum absolute atomic E-state index is 0.0824. The van der Waals surface area contributed by atoms with Crippen molar-refractivity contribution in [2.45, 2.75) is 32.8 Å². The van der Waals surface area contributed by atoms with Gasteiger partial charge in [0.2, 0.25) is 5.91 Å². The molecule has 0 aromatic rings. The number of ether oxygens (including phenoxy) is 1. The molecule has 1 unspecified atom stereocenters. The molecule has 16 heavy (non-hydrogen) atoms. The fourth-order valence-corrected chi connectivity index (χ4v) is 2.07. The van der Waals surface area contributed by atoms with E-state index in [1.165, 1.54) is 0 Å². The van der Waals surface area contributed by atoms with Crippen molar-refractivity contribution in [1.29, 1.82) is 0 Å². The van der Waals surface area contributed by atoms with E-state index in [2.05, 4.69) is 12.2 Å². The molecule has 0 spiro atoms. The fraction of sp³-hybridized carbons (Fsp3) is 0.917. The molecule has 4 heteroatoms. The molecule has 0 aromatic carbocycles. The summed E-state index contributed by atoms with van der Waals surface area (Å²) in [5.74, 6) is 0.356. The second-order valence-corrected chi connectivity index (χ2v) is 4.47. The van der Waals surface area contributed by atoms with Crippen LogP contribution in [0.2, 0.25) is 0 Å². The van der Waals surface area contributed by atoms with Gasteiger partial charge in [-0.15, -0.1) is 0 Å². The van der Waals surface area contributed by atoms with E-state index >= 15 is 0 Å². The second kappa shape index (κ2) is 6.86. The number of methoxy groups -OCH3 is 1. The molecule has 1 aliphatic heterocycles. The van der Waals surface area contributed by atoms with Crippen molar-refractivity contribution >= 4 is 5.91 Å². The van der Waals surface area contributed by atoms with E-state index in [4.69, 9.17) is 4.74 Å². The molecule has 0 bridgehead atoms. The fourth-order valence-electron chi connectivity index (χ4n) is 2.07. The first-order valence-corrected chi connectivity index (χ1v) is 6.21. The van der Waals surface area contributed by atoms with Gasteiger partial charge >= 0.3 is 0 Å². The molecule has 1 saturated heterocycles. The van der Waals surface area contributed by atoms with Gasteiger partial charge in [-0.1, -0.05) is 13.8 Å². The average molecular weight is 228 g/mol. The summed E-state index contributed by atoms with van der Waals surface area (Å²) in [6.45, 7) is 7.43. The van der Waals surface area contributed by atoms with Gasteiger partial charge < -0.3 is 15.0 Å². The Bertz CT molecular complexity index is 213. The second-order valence-electron chi connectivity index (χ2n) is 4.47. The number of hydrogen-bond donors (Lipinski definition) is 1. The van der Waals surface area contributed by atoms with Crippen molar-refractivity contribution < 1.29 is 9.53 Å². The van der Waals surface area contributed by atoms with Gasteiger partial charge in [-0.2, -0.15) is 0 Å². The molecule has 1 atom stereocenters. The third-order valence-electron chi connectivity index (χ3n) is 3.21. The van der Waals surface area contributed by atoms with Gasteiger partial charge in [0, 0.05) is 32.7 Å². The topological polar surface area (TPSA) is 41.6 Å². The third-order valence-corrected chi connectivity index (χ3v) is 3.21. The molecule has 1 aliphatic rings. The Morgan fingerprint density at radius 1 is 1.50 bits per heavy atom. The molecule has 1 heterocycles. The SMILES string of the molecule is CCNCC(C)C(=O)N1CCC(OC)CC1. The number of nitrogens with one attached hydrogen (secondary N) is 1. The van der Waals surface area contributed by atoms with E-state index in [0.29, 0.717) is 6.10 Å². The molecule has 1 fully saturated rings. The zero-order valence-electron chi connectivity index (χ0n) is 10.7. The largest absolute Gasteiger partial charge is 0.381 e. The molecule has 0 radical (unpaired) electrons. The Morgan fingerprint density at radius 2 is 2.12 bits per heavy atom. The Balaban J connectivity index is 2.32. The molecule has 94 valence electrons. The van der Waals surface area contributed by atoms with Crippen molar-refractivity contribution in [2.75, 3.05) is 33.3 Å². The number of hydrogen-bond acceptors (Lipinski definition) is 3. The lowest BCUT2D eigenvalue weighted by atomic mass is 10.0. The van der Waals surface area contributed by atoms with Crippen molar-refractivity contribution in [3.63, 3.8) is 0 Å². The van der Waals surface area contributed by atoms with Gasteiger partial charge in [-0.25, -0.2) is 0 Å². The van der Waals surface area contributed by atoms with Crippen LogP contribution >= 0.6 is 0 Å². The summed E-state index contributed by atoms with van der Waals surface area (Å²) in [4.78, 5) is 14.0. The number of carbonyl (C=O) groups is 1. The predicted octanol–water partition coefficient (Wildman–Crippen LogP) is 0.869. The van der Waals surface area contributed by atoms with Gasteiger partial charge in [-0.3, -0.25) is 4.79 Å². The molecule has 4 nitrogen and oxygen atoms in total. The quantitative estimate of drug-likeness (QED) is 0.759. The summed E-state index contributed by atoms with van der Waals surface area (Å²) in [6.07, 6.45) is 2.28. The first kappa shape index (κ1) is 13.5. The molecule has 1 amide bonds. The van der Waals surface area contributed by atoms with Crippen molar-refractivity contribution in [3.8, 4) is 0 Å². The third kappa shape index (κ3) is 3.76. The lowest BCUT2D eigenvalue weighted by Gasteiger charge is -2.33. The number of carbonyl (C=O) groups excluding carboxylic acids is 1. The van der Waals surface area contributed by atoms with Crippen LogP contribution in [0.1, 0.15) is 26.7 Å². The highest BCUT2D eigenvalue weighted by molar-refractivity contribution is 5.78. The van der Waals surface area contributed by atoms with Gasteiger partial charge in [0.1, 0.15) is 0 Å². The van der Waals surface area contributed by atoms with Gasteiger partial charge in [-0.05, 0) is 19.4 Å². The minimum atomic E-state index is 0.0824. The number of amides is 1. The molecular weight excluding hydrogens is 204 g/mol. The van der Waals surface area contributed by atoms with E-state index in [1.54, 1.807) is 7.11 Å². The first-order valence-electron chi connectivity index (χ1n) is 6.21. The van der Waals surface area contributed by atoms with Crippen LogP contribution in [0.15, 0.2) is 0 Å². The highest BCUT2D eigenvalue weighted by Gasteiger charge is 2.25. The Kier molecular flexibility index (Phi) is 5.77. The molecule has 1 N–H and O–H groups in total. The number of piperidine rings is 1. The average Bonchev–Trinajstić information content (AvgIpc) is 2.35. The summed E-state index contributed by atoms with van der Waals surface area (Å²) in [5.41, 5.74) is 0. The van der Waals surface area contributed by atoms with E-state index < -0.39 is 0 Å². The molecule has 0 saturated carbocycles. The standard InChI is InChI=1S/C12H24N2O2/c1-4-13-9-10(2)12(15)14-7-5-11(16-3)6-8-14/h10-11,13H,4-9H2,1-3H3. The van der Waals surface area contributed by atoms with Crippen LogP contribution < -0.4 is 5.32 Å². The van der Waals surface area contributed by atoms with Crippen molar-refractivity contribution in [2.24, 2.45) is 5.92 Å². The number of rotatable bonds is 5. The van der Waals surface area contributed by atoms with Crippen LogP contribution in [0.5, 0.6) is 0 Å². The minimum Gasteiger partial charge on any atom is -0.381 e. The summed E-state index contributed by atoms with van der Waals surface area (Å²) in [7, 11) is 1.75. The van der Waals surface area contributed by atoms with E-state index in [9.17, 15) is 4.79 Å². The molecule has 1 rings (SSSR count). The summed E-state index contributed by atoms with van der Waals surface area (Å²) in [6, 6.07) is 0. The number of nitrogens with zero attached hydrogens (tertiary/aromatic N) is 1. The van der Waals surface area contributed by atoms with Crippen LogP contribution in [-0.4, -0.2) is 50.2 Å². The predicted molar refractivity (Wildman–Crippen MR) is 64.3 cm³/mol. The molecule has 0 aliphatic carbocycles. The smallest absolute Gasteiger partial charge is 0.226 e.